The molecule has 0 radical (unpaired) electrons. The highest BCUT2D eigenvalue weighted by Crippen LogP contribution is 2.35. The molecule has 28 heavy (non-hydrogen) atoms. The van der Waals surface area contributed by atoms with Crippen LogP contribution in [0.4, 0.5) is 5.69 Å². The Morgan fingerprint density at radius 2 is 1.64 bits per heavy atom. The number of aromatic nitrogens is 1. The number of pyridine rings is 1. The zero-order chi connectivity index (χ0) is 19.5. The molecule has 1 aromatic heterocycles. The molecule has 4 rings (SSSR count). The number of hydrogen-bond acceptors (Lipinski definition) is 5. The third kappa shape index (κ3) is 3.19. The Kier molecular flexibility index (Phi) is 4.51. The van der Waals surface area contributed by atoms with E-state index in [0.29, 0.717) is 16.5 Å². The molecule has 0 fully saturated rings. The number of carbonyl (C=O) groups excluding carboxylic acids is 1. The second kappa shape index (κ2) is 7.28. The number of hydrogen-bond donors (Lipinski definition) is 0. The van der Waals surface area contributed by atoms with Gasteiger partial charge in [-0.05, 0) is 29.3 Å². The van der Waals surface area contributed by atoms with Crippen molar-refractivity contribution in [3.63, 3.8) is 0 Å². The Bertz CT molecular complexity index is 1190. The van der Waals surface area contributed by atoms with Crippen LogP contribution in [0.25, 0.3) is 22.0 Å². The fraction of sp³-hybridized carbons (Fsp3) is 0. The van der Waals surface area contributed by atoms with E-state index in [0.717, 1.165) is 5.56 Å². The number of ether oxygens (including phenoxy) is 1. The lowest BCUT2D eigenvalue weighted by molar-refractivity contribution is -0.385. The fourth-order valence-corrected chi connectivity index (χ4v) is 3.03. The van der Waals surface area contributed by atoms with Crippen LogP contribution in [0.5, 0.6) is 5.75 Å². The van der Waals surface area contributed by atoms with E-state index in [9.17, 15) is 14.9 Å². The molecule has 1 heterocycles. The van der Waals surface area contributed by atoms with E-state index in [1.165, 1.54) is 12.3 Å². The van der Waals surface area contributed by atoms with Gasteiger partial charge in [-0.1, -0.05) is 54.6 Å². The number of fused-ring (bicyclic) bond motifs is 1. The topological polar surface area (TPSA) is 82.3 Å². The molecule has 3 aromatic carbocycles. The molecule has 0 amide bonds. The van der Waals surface area contributed by atoms with Crippen molar-refractivity contribution in [2.24, 2.45) is 0 Å². The predicted octanol–water partition coefficient (Wildman–Crippen LogP) is 5.03. The number of nitro benzene ring substituents is 1. The third-order valence-electron chi connectivity index (χ3n) is 4.33. The van der Waals surface area contributed by atoms with Crippen LogP contribution in [0.2, 0.25) is 0 Å². The Balaban J connectivity index is 1.81. The first-order valence-corrected chi connectivity index (χ1v) is 8.54. The maximum atomic E-state index is 13.0. The summed E-state index contributed by atoms with van der Waals surface area (Å²) in [6.45, 7) is 0. The van der Waals surface area contributed by atoms with Gasteiger partial charge in [0.2, 0.25) is 5.75 Å². The predicted molar refractivity (Wildman–Crippen MR) is 105 cm³/mol. The van der Waals surface area contributed by atoms with Crippen LogP contribution in [-0.2, 0) is 0 Å². The number of nitrogens with zero attached hydrogens (tertiary/aromatic N) is 2. The molecule has 0 unspecified atom stereocenters. The van der Waals surface area contributed by atoms with E-state index >= 15 is 0 Å². The van der Waals surface area contributed by atoms with Gasteiger partial charge < -0.3 is 4.74 Å². The fourth-order valence-electron chi connectivity index (χ4n) is 3.03. The molecule has 4 aromatic rings. The molecule has 0 saturated heterocycles. The summed E-state index contributed by atoms with van der Waals surface area (Å²) in [6.07, 6.45) is 1.50. The third-order valence-corrected chi connectivity index (χ3v) is 4.33. The van der Waals surface area contributed by atoms with Crippen molar-refractivity contribution >= 4 is 22.6 Å². The normalized spacial score (nSPS) is 10.6. The van der Waals surface area contributed by atoms with Gasteiger partial charge in [0.05, 0.1) is 10.5 Å². The van der Waals surface area contributed by atoms with Crippen LogP contribution in [0.1, 0.15) is 10.4 Å². The summed E-state index contributed by atoms with van der Waals surface area (Å²) in [6, 6.07) is 22.7. The first-order valence-electron chi connectivity index (χ1n) is 8.54. The molecule has 0 spiro atoms. The second-order valence-electron chi connectivity index (χ2n) is 6.05. The zero-order valence-corrected chi connectivity index (χ0v) is 14.6. The summed E-state index contributed by atoms with van der Waals surface area (Å²) in [5.74, 6) is -0.836. The smallest absolute Gasteiger partial charge is 0.344 e. The molecular weight excluding hydrogens is 356 g/mol. The van der Waals surface area contributed by atoms with E-state index < -0.39 is 10.9 Å². The standard InChI is InChI=1S/C22H14N2O4/c25-22(18-11-5-4-10-17(18)15-7-2-1-3-8-15)28-21-19(24(26)27)13-12-16-9-6-14-23-20(16)21/h1-14H. The van der Waals surface area contributed by atoms with Gasteiger partial charge in [0.15, 0.2) is 0 Å². The molecule has 136 valence electrons. The van der Waals surface area contributed by atoms with Crippen molar-refractivity contribution in [1.29, 1.82) is 0 Å². The maximum absolute atomic E-state index is 13.0. The highest BCUT2D eigenvalue weighted by Gasteiger charge is 2.24. The van der Waals surface area contributed by atoms with Gasteiger partial charge in [0, 0.05) is 17.6 Å². The number of nitro groups is 1. The minimum Gasteiger partial charge on any atom is -0.413 e. The number of carbonyl (C=O) groups is 1. The largest absolute Gasteiger partial charge is 0.413 e. The van der Waals surface area contributed by atoms with Crippen molar-refractivity contribution in [2.75, 3.05) is 0 Å². The first-order chi connectivity index (χ1) is 13.6. The zero-order valence-electron chi connectivity index (χ0n) is 14.6. The van der Waals surface area contributed by atoms with Crippen LogP contribution >= 0.6 is 0 Å². The lowest BCUT2D eigenvalue weighted by atomic mass is 10.00. The Hall–Kier alpha value is -4.06. The van der Waals surface area contributed by atoms with Gasteiger partial charge in [0.1, 0.15) is 5.52 Å². The number of rotatable bonds is 4. The van der Waals surface area contributed by atoms with E-state index in [2.05, 4.69) is 4.98 Å². The molecule has 0 aliphatic rings. The van der Waals surface area contributed by atoms with Crippen LogP contribution in [0, 0.1) is 10.1 Å². The van der Waals surface area contributed by atoms with Crippen molar-refractivity contribution < 1.29 is 14.5 Å². The Morgan fingerprint density at radius 3 is 2.43 bits per heavy atom. The highest BCUT2D eigenvalue weighted by atomic mass is 16.6. The summed E-state index contributed by atoms with van der Waals surface area (Å²) in [4.78, 5) is 28.0. The lowest BCUT2D eigenvalue weighted by Crippen LogP contribution is -2.11. The van der Waals surface area contributed by atoms with Crippen LogP contribution in [0.15, 0.2) is 85.1 Å². The van der Waals surface area contributed by atoms with Gasteiger partial charge in [-0.15, -0.1) is 0 Å². The van der Waals surface area contributed by atoms with Crippen LogP contribution < -0.4 is 4.74 Å². The van der Waals surface area contributed by atoms with Crippen molar-refractivity contribution in [3.8, 4) is 16.9 Å². The van der Waals surface area contributed by atoms with Gasteiger partial charge in [0.25, 0.3) is 0 Å². The van der Waals surface area contributed by atoms with Gasteiger partial charge in [-0.3, -0.25) is 15.1 Å². The molecule has 0 aliphatic carbocycles. The molecule has 0 N–H and O–H groups in total. The minimum atomic E-state index is -0.680. The molecule has 0 saturated carbocycles. The molecule has 0 aliphatic heterocycles. The quantitative estimate of drug-likeness (QED) is 0.218. The summed E-state index contributed by atoms with van der Waals surface area (Å²) < 4.78 is 5.53. The maximum Gasteiger partial charge on any atom is 0.344 e. The monoisotopic (exact) mass is 370 g/mol. The van der Waals surface area contributed by atoms with Crippen LogP contribution in [0.3, 0.4) is 0 Å². The summed E-state index contributed by atoms with van der Waals surface area (Å²) >= 11 is 0. The Labute approximate surface area is 160 Å². The van der Waals surface area contributed by atoms with Crippen LogP contribution in [-0.4, -0.2) is 15.9 Å². The Morgan fingerprint density at radius 1 is 0.893 bits per heavy atom. The molecule has 6 nitrogen and oxygen atoms in total. The first kappa shape index (κ1) is 17.4. The van der Waals surface area contributed by atoms with Gasteiger partial charge in [-0.25, -0.2) is 4.79 Å². The van der Waals surface area contributed by atoms with E-state index in [1.54, 1.807) is 30.3 Å². The van der Waals surface area contributed by atoms with Crippen molar-refractivity contribution in [1.82, 2.24) is 4.98 Å². The average molecular weight is 370 g/mol. The number of benzene rings is 3. The lowest BCUT2D eigenvalue weighted by Gasteiger charge is -2.11. The second-order valence-corrected chi connectivity index (χ2v) is 6.05. The molecule has 0 atom stereocenters. The van der Waals surface area contributed by atoms with E-state index in [-0.39, 0.29) is 17.0 Å². The van der Waals surface area contributed by atoms with E-state index in [4.69, 9.17) is 4.74 Å². The van der Waals surface area contributed by atoms with Crippen molar-refractivity contribution in [2.45, 2.75) is 0 Å². The average Bonchev–Trinajstić information content (AvgIpc) is 2.74. The van der Waals surface area contributed by atoms with Crippen molar-refractivity contribution in [3.05, 3.63) is 101 Å². The summed E-state index contributed by atoms with van der Waals surface area (Å²) in [7, 11) is 0. The summed E-state index contributed by atoms with van der Waals surface area (Å²) in [5, 5.41) is 12.1. The van der Waals surface area contributed by atoms with E-state index in [1.807, 2.05) is 42.5 Å². The van der Waals surface area contributed by atoms with Gasteiger partial charge >= 0.3 is 11.7 Å². The minimum absolute atomic E-state index is 0.157. The summed E-state index contributed by atoms with van der Waals surface area (Å²) in [5.41, 5.74) is 1.81. The number of esters is 1. The highest BCUT2D eigenvalue weighted by molar-refractivity contribution is 6.00. The molecular formula is C22H14N2O4. The molecule has 6 heteroatoms. The SMILES string of the molecule is O=C(Oc1c([N+](=O)[O-])ccc2cccnc12)c1ccccc1-c1ccccc1. The van der Waals surface area contributed by atoms with Gasteiger partial charge in [-0.2, -0.15) is 0 Å². The molecule has 0 bridgehead atoms.